The number of aromatic nitrogens is 2. The summed E-state index contributed by atoms with van der Waals surface area (Å²) in [5.41, 5.74) is 1.60. The summed E-state index contributed by atoms with van der Waals surface area (Å²) >= 11 is 0. The van der Waals surface area contributed by atoms with Gasteiger partial charge in [-0.05, 0) is 39.1 Å². The average Bonchev–Trinajstić information content (AvgIpc) is 2.74. The molecule has 0 bridgehead atoms. The smallest absolute Gasteiger partial charge is 0.127 e. The largest absolute Gasteiger partial charge is 0.396 e. The van der Waals surface area contributed by atoms with Gasteiger partial charge in [0.2, 0.25) is 0 Å². The molecular formula is C15H22FN3O. The summed E-state index contributed by atoms with van der Waals surface area (Å²) in [6, 6.07) is 4.88. The van der Waals surface area contributed by atoms with Crippen molar-refractivity contribution < 1.29 is 9.50 Å². The van der Waals surface area contributed by atoms with Crippen LogP contribution in [0.15, 0.2) is 18.2 Å². The van der Waals surface area contributed by atoms with Crippen LogP contribution in [0.5, 0.6) is 0 Å². The van der Waals surface area contributed by atoms with Gasteiger partial charge in [0.1, 0.15) is 11.6 Å². The number of hydrogen-bond acceptors (Lipinski definition) is 3. The predicted octanol–water partition coefficient (Wildman–Crippen LogP) is 2.57. The maximum atomic E-state index is 13.4. The maximum absolute atomic E-state index is 13.4. The molecule has 2 aromatic rings. The van der Waals surface area contributed by atoms with Crippen LogP contribution in [0.4, 0.5) is 4.39 Å². The molecule has 1 unspecified atom stereocenters. The molecule has 0 fully saturated rings. The Bertz CT molecular complexity index is 580. The Morgan fingerprint density at radius 3 is 2.75 bits per heavy atom. The molecule has 0 aliphatic carbocycles. The monoisotopic (exact) mass is 279 g/mol. The minimum absolute atomic E-state index is 0.138. The van der Waals surface area contributed by atoms with Crippen LogP contribution in [0.25, 0.3) is 11.0 Å². The SMILES string of the molecule is CCC(c1nc2cc(F)ccc2n1CCCO)N(C)C. The topological polar surface area (TPSA) is 41.3 Å². The van der Waals surface area contributed by atoms with Crippen LogP contribution < -0.4 is 0 Å². The lowest BCUT2D eigenvalue weighted by Crippen LogP contribution is -2.23. The van der Waals surface area contributed by atoms with Gasteiger partial charge in [-0.15, -0.1) is 0 Å². The molecule has 0 saturated carbocycles. The summed E-state index contributed by atoms with van der Waals surface area (Å²) < 4.78 is 15.5. The summed E-state index contributed by atoms with van der Waals surface area (Å²) in [5, 5.41) is 9.07. The second-order valence-electron chi connectivity index (χ2n) is 5.22. The lowest BCUT2D eigenvalue weighted by atomic mass is 10.2. The van der Waals surface area contributed by atoms with Crippen molar-refractivity contribution in [3.63, 3.8) is 0 Å². The van der Waals surface area contributed by atoms with Crippen LogP contribution in [-0.4, -0.2) is 40.3 Å². The number of halogens is 1. The number of benzene rings is 1. The molecule has 110 valence electrons. The molecule has 0 aliphatic rings. The third-order valence-corrected chi connectivity index (χ3v) is 3.59. The van der Waals surface area contributed by atoms with Gasteiger partial charge in [-0.1, -0.05) is 6.92 Å². The van der Waals surface area contributed by atoms with Gasteiger partial charge >= 0.3 is 0 Å². The molecule has 0 spiro atoms. The Morgan fingerprint density at radius 1 is 1.40 bits per heavy atom. The summed E-state index contributed by atoms with van der Waals surface area (Å²) in [5.74, 6) is 0.667. The number of fused-ring (bicyclic) bond motifs is 1. The van der Waals surface area contributed by atoms with Crippen LogP contribution in [0.1, 0.15) is 31.6 Å². The fourth-order valence-corrected chi connectivity index (χ4v) is 2.62. The first-order chi connectivity index (χ1) is 9.58. The van der Waals surface area contributed by atoms with Gasteiger partial charge in [0, 0.05) is 19.2 Å². The number of hydrogen-bond donors (Lipinski definition) is 1. The first-order valence-corrected chi connectivity index (χ1v) is 7.01. The van der Waals surface area contributed by atoms with Crippen molar-refractivity contribution in [3.8, 4) is 0 Å². The van der Waals surface area contributed by atoms with Crippen molar-refractivity contribution in [2.24, 2.45) is 0 Å². The van der Waals surface area contributed by atoms with Crippen molar-refractivity contribution in [2.45, 2.75) is 32.4 Å². The minimum atomic E-state index is -0.270. The van der Waals surface area contributed by atoms with Gasteiger partial charge in [-0.25, -0.2) is 9.37 Å². The molecule has 1 aromatic heterocycles. The van der Waals surface area contributed by atoms with Crippen molar-refractivity contribution in [3.05, 3.63) is 29.8 Å². The van der Waals surface area contributed by atoms with E-state index in [1.54, 1.807) is 6.07 Å². The maximum Gasteiger partial charge on any atom is 0.127 e. The Morgan fingerprint density at radius 2 is 2.15 bits per heavy atom. The van der Waals surface area contributed by atoms with Crippen molar-refractivity contribution >= 4 is 11.0 Å². The van der Waals surface area contributed by atoms with Crippen molar-refractivity contribution in [1.82, 2.24) is 14.5 Å². The number of aryl methyl sites for hydroxylation is 1. The van der Waals surface area contributed by atoms with E-state index in [0.29, 0.717) is 18.5 Å². The third-order valence-electron chi connectivity index (χ3n) is 3.59. The number of aliphatic hydroxyl groups excluding tert-OH is 1. The summed E-state index contributed by atoms with van der Waals surface area (Å²) in [6.45, 7) is 2.94. The minimum Gasteiger partial charge on any atom is -0.396 e. The van der Waals surface area contributed by atoms with Gasteiger partial charge in [0.15, 0.2) is 0 Å². The second kappa shape index (κ2) is 6.33. The first-order valence-electron chi connectivity index (χ1n) is 7.01. The highest BCUT2D eigenvalue weighted by Gasteiger charge is 2.20. The molecule has 1 N–H and O–H groups in total. The van der Waals surface area contributed by atoms with Gasteiger partial charge in [-0.3, -0.25) is 4.90 Å². The van der Waals surface area contributed by atoms with Gasteiger partial charge in [0.05, 0.1) is 17.1 Å². The van der Waals surface area contributed by atoms with Gasteiger partial charge in [0.25, 0.3) is 0 Å². The highest BCUT2D eigenvalue weighted by molar-refractivity contribution is 5.76. The molecular weight excluding hydrogens is 257 g/mol. The molecule has 1 atom stereocenters. The molecule has 0 radical (unpaired) electrons. The molecule has 0 aliphatic heterocycles. The molecule has 4 nitrogen and oxygen atoms in total. The highest BCUT2D eigenvalue weighted by atomic mass is 19.1. The van der Waals surface area contributed by atoms with E-state index < -0.39 is 0 Å². The number of aliphatic hydroxyl groups is 1. The van der Waals surface area contributed by atoms with Crippen LogP contribution in [0.3, 0.4) is 0 Å². The fraction of sp³-hybridized carbons (Fsp3) is 0.533. The van der Waals surface area contributed by atoms with Crippen LogP contribution >= 0.6 is 0 Å². The van der Waals surface area contributed by atoms with E-state index in [0.717, 1.165) is 17.8 Å². The zero-order valence-electron chi connectivity index (χ0n) is 12.3. The Hall–Kier alpha value is -1.46. The van der Waals surface area contributed by atoms with Crippen molar-refractivity contribution in [1.29, 1.82) is 0 Å². The van der Waals surface area contributed by atoms with E-state index in [4.69, 9.17) is 5.11 Å². The Balaban J connectivity index is 2.55. The number of imidazole rings is 1. The molecule has 20 heavy (non-hydrogen) atoms. The Kier molecular flexibility index (Phi) is 4.73. The van der Waals surface area contributed by atoms with E-state index >= 15 is 0 Å². The van der Waals surface area contributed by atoms with Crippen LogP contribution in [0.2, 0.25) is 0 Å². The van der Waals surface area contributed by atoms with Crippen LogP contribution in [-0.2, 0) is 6.54 Å². The van der Waals surface area contributed by atoms with E-state index in [9.17, 15) is 4.39 Å². The fourth-order valence-electron chi connectivity index (χ4n) is 2.62. The molecule has 0 saturated heterocycles. The number of rotatable bonds is 6. The van der Waals surface area contributed by atoms with Crippen molar-refractivity contribution in [2.75, 3.05) is 20.7 Å². The molecule has 5 heteroatoms. The summed E-state index contributed by atoms with van der Waals surface area (Å²) in [7, 11) is 4.04. The highest BCUT2D eigenvalue weighted by Crippen LogP contribution is 2.26. The molecule has 1 heterocycles. The quantitative estimate of drug-likeness (QED) is 0.883. The summed E-state index contributed by atoms with van der Waals surface area (Å²) in [4.78, 5) is 6.74. The normalized spacial score (nSPS) is 13.3. The van der Waals surface area contributed by atoms with Gasteiger partial charge < -0.3 is 9.67 Å². The second-order valence-corrected chi connectivity index (χ2v) is 5.22. The number of nitrogens with zero attached hydrogens (tertiary/aromatic N) is 3. The zero-order valence-corrected chi connectivity index (χ0v) is 12.3. The van der Waals surface area contributed by atoms with Gasteiger partial charge in [-0.2, -0.15) is 0 Å². The Labute approximate surface area is 118 Å². The lowest BCUT2D eigenvalue weighted by molar-refractivity contribution is 0.261. The van der Waals surface area contributed by atoms with Crippen LogP contribution in [0, 0.1) is 5.82 Å². The average molecular weight is 279 g/mol. The lowest BCUT2D eigenvalue weighted by Gasteiger charge is -2.23. The molecule has 0 amide bonds. The third kappa shape index (κ3) is 2.83. The zero-order chi connectivity index (χ0) is 14.7. The standard InChI is InChI=1S/C15H22FN3O/c1-4-13(18(2)3)15-17-12-10-11(16)6-7-14(12)19(15)8-5-9-20/h6-7,10,13,20H,4-5,8-9H2,1-3H3. The predicted molar refractivity (Wildman–Crippen MR) is 78.1 cm³/mol. The van der Waals surface area contributed by atoms with E-state index in [1.165, 1.54) is 12.1 Å². The molecule has 2 rings (SSSR count). The summed E-state index contributed by atoms with van der Waals surface area (Å²) in [6.07, 6.45) is 1.59. The van der Waals surface area contributed by atoms with E-state index in [2.05, 4.69) is 21.4 Å². The first kappa shape index (κ1) is 14.9. The van der Waals surface area contributed by atoms with E-state index in [1.807, 2.05) is 14.1 Å². The van der Waals surface area contributed by atoms with E-state index in [-0.39, 0.29) is 18.5 Å². The molecule has 1 aromatic carbocycles.